The molecule has 3 rings (SSSR count). The molecule has 1 aromatic carbocycles. The average molecular weight is 276 g/mol. The molecule has 0 amide bonds. The Hall–Kier alpha value is -1.26. The molecule has 1 atom stereocenters. The van der Waals surface area contributed by atoms with Gasteiger partial charge < -0.3 is 9.47 Å². The molecule has 1 fully saturated rings. The van der Waals surface area contributed by atoms with E-state index in [4.69, 9.17) is 15.3 Å². The van der Waals surface area contributed by atoms with E-state index >= 15 is 0 Å². The molecular weight excluding hydrogens is 252 g/mol. The first-order valence-electron chi connectivity index (χ1n) is 7.72. The van der Waals surface area contributed by atoms with Crippen LogP contribution in [-0.4, -0.2) is 13.2 Å². The van der Waals surface area contributed by atoms with Crippen molar-refractivity contribution >= 4 is 0 Å². The number of nitrogens with two attached hydrogens (primary N) is 1. The third-order valence-electron chi connectivity index (χ3n) is 4.51. The molecule has 1 aliphatic heterocycles. The number of hydrogen-bond donors (Lipinski definition) is 2. The van der Waals surface area contributed by atoms with Crippen LogP contribution in [0, 0.1) is 5.92 Å². The van der Waals surface area contributed by atoms with E-state index in [0.717, 1.165) is 23.8 Å². The van der Waals surface area contributed by atoms with E-state index in [-0.39, 0.29) is 6.04 Å². The Balaban J connectivity index is 1.65. The summed E-state index contributed by atoms with van der Waals surface area (Å²) < 4.78 is 11.2. The van der Waals surface area contributed by atoms with Crippen LogP contribution in [0.25, 0.3) is 0 Å². The average Bonchev–Trinajstić information content (AvgIpc) is 3.01. The van der Waals surface area contributed by atoms with Gasteiger partial charge >= 0.3 is 0 Å². The second-order valence-electron chi connectivity index (χ2n) is 5.85. The topological polar surface area (TPSA) is 56.5 Å². The van der Waals surface area contributed by atoms with E-state index in [1.807, 2.05) is 6.07 Å². The van der Waals surface area contributed by atoms with Gasteiger partial charge in [0.25, 0.3) is 0 Å². The Bertz CT molecular complexity index is 444. The number of nitrogens with one attached hydrogen (secondary N) is 1. The minimum Gasteiger partial charge on any atom is -0.486 e. The molecule has 4 heteroatoms. The van der Waals surface area contributed by atoms with Crippen LogP contribution in [0.5, 0.6) is 11.5 Å². The lowest BCUT2D eigenvalue weighted by Gasteiger charge is -2.22. The Morgan fingerprint density at radius 1 is 1.15 bits per heavy atom. The first-order valence-corrected chi connectivity index (χ1v) is 7.72. The van der Waals surface area contributed by atoms with Crippen molar-refractivity contribution in [2.24, 2.45) is 11.8 Å². The highest BCUT2D eigenvalue weighted by Crippen LogP contribution is 2.35. The molecule has 0 bridgehead atoms. The molecule has 0 spiro atoms. The second kappa shape index (κ2) is 6.46. The smallest absolute Gasteiger partial charge is 0.161 e. The van der Waals surface area contributed by atoms with E-state index in [1.165, 1.54) is 37.7 Å². The molecule has 0 radical (unpaired) electrons. The second-order valence-corrected chi connectivity index (χ2v) is 5.85. The van der Waals surface area contributed by atoms with Gasteiger partial charge in [-0.3, -0.25) is 11.3 Å². The number of hydrazine groups is 1. The van der Waals surface area contributed by atoms with Gasteiger partial charge in [-0.1, -0.05) is 31.7 Å². The van der Waals surface area contributed by atoms with Crippen LogP contribution in [0.4, 0.5) is 0 Å². The standard InChI is InChI=1S/C16H24N2O2/c17-18-14(7-5-12-3-1-2-4-12)13-6-8-15-16(11-13)20-10-9-19-15/h6,8,11-12,14,18H,1-5,7,9-10,17H2. The highest BCUT2D eigenvalue weighted by atomic mass is 16.6. The van der Waals surface area contributed by atoms with Crippen LogP contribution in [0.3, 0.4) is 0 Å². The number of hydrogen-bond acceptors (Lipinski definition) is 4. The lowest BCUT2D eigenvalue weighted by molar-refractivity contribution is 0.171. The number of ether oxygens (including phenoxy) is 2. The quantitative estimate of drug-likeness (QED) is 0.641. The normalized spacial score (nSPS) is 20.1. The van der Waals surface area contributed by atoms with Crippen molar-refractivity contribution in [3.63, 3.8) is 0 Å². The Labute approximate surface area is 120 Å². The Morgan fingerprint density at radius 2 is 1.90 bits per heavy atom. The van der Waals surface area contributed by atoms with Crippen LogP contribution >= 0.6 is 0 Å². The van der Waals surface area contributed by atoms with Gasteiger partial charge in [0, 0.05) is 6.04 Å². The third kappa shape index (κ3) is 3.07. The summed E-state index contributed by atoms with van der Waals surface area (Å²) in [5.41, 5.74) is 4.14. The van der Waals surface area contributed by atoms with Crippen LogP contribution < -0.4 is 20.7 Å². The Morgan fingerprint density at radius 3 is 2.65 bits per heavy atom. The number of benzene rings is 1. The molecule has 1 aliphatic carbocycles. The van der Waals surface area contributed by atoms with Gasteiger partial charge in [0.1, 0.15) is 13.2 Å². The van der Waals surface area contributed by atoms with Gasteiger partial charge in [0.15, 0.2) is 11.5 Å². The zero-order chi connectivity index (χ0) is 13.8. The first kappa shape index (κ1) is 13.7. The Kier molecular flexibility index (Phi) is 4.43. The summed E-state index contributed by atoms with van der Waals surface area (Å²) in [4.78, 5) is 0. The molecule has 1 unspecified atom stereocenters. The maximum Gasteiger partial charge on any atom is 0.161 e. The van der Waals surface area contributed by atoms with E-state index in [2.05, 4.69) is 17.6 Å². The molecule has 0 saturated heterocycles. The lowest BCUT2D eigenvalue weighted by atomic mass is 9.95. The van der Waals surface area contributed by atoms with Crippen molar-refractivity contribution in [1.82, 2.24) is 5.43 Å². The third-order valence-corrected chi connectivity index (χ3v) is 4.51. The summed E-state index contributed by atoms with van der Waals surface area (Å²) in [6, 6.07) is 6.34. The highest BCUT2D eigenvalue weighted by molar-refractivity contribution is 5.44. The number of fused-ring (bicyclic) bond motifs is 1. The van der Waals surface area contributed by atoms with Crippen molar-refractivity contribution in [2.45, 2.75) is 44.6 Å². The summed E-state index contributed by atoms with van der Waals surface area (Å²) in [5, 5.41) is 0. The van der Waals surface area contributed by atoms with Gasteiger partial charge in [0.2, 0.25) is 0 Å². The largest absolute Gasteiger partial charge is 0.486 e. The van der Waals surface area contributed by atoms with E-state index < -0.39 is 0 Å². The van der Waals surface area contributed by atoms with Crippen molar-refractivity contribution in [1.29, 1.82) is 0 Å². The van der Waals surface area contributed by atoms with Crippen LogP contribution in [0.15, 0.2) is 18.2 Å². The van der Waals surface area contributed by atoms with Gasteiger partial charge in [-0.25, -0.2) is 0 Å². The summed E-state index contributed by atoms with van der Waals surface area (Å²) in [6.45, 7) is 1.26. The zero-order valence-corrected chi connectivity index (χ0v) is 11.9. The molecule has 1 aromatic rings. The van der Waals surface area contributed by atoms with Crippen LogP contribution in [0.2, 0.25) is 0 Å². The molecule has 0 aromatic heterocycles. The fourth-order valence-electron chi connectivity index (χ4n) is 3.32. The predicted octanol–water partition coefficient (Wildman–Crippen LogP) is 2.93. The lowest BCUT2D eigenvalue weighted by Crippen LogP contribution is -2.28. The highest BCUT2D eigenvalue weighted by Gasteiger charge is 2.19. The fraction of sp³-hybridized carbons (Fsp3) is 0.625. The molecule has 1 saturated carbocycles. The SMILES string of the molecule is NNC(CCC1CCCC1)c1ccc2c(c1)OCCO2. The summed E-state index contributed by atoms with van der Waals surface area (Å²) in [6.07, 6.45) is 7.91. The van der Waals surface area contributed by atoms with Crippen molar-refractivity contribution < 1.29 is 9.47 Å². The van der Waals surface area contributed by atoms with Crippen LogP contribution in [-0.2, 0) is 0 Å². The molecule has 3 N–H and O–H groups in total. The van der Waals surface area contributed by atoms with E-state index in [9.17, 15) is 0 Å². The maximum absolute atomic E-state index is 5.74. The maximum atomic E-state index is 5.74. The van der Waals surface area contributed by atoms with Gasteiger partial charge in [-0.15, -0.1) is 0 Å². The van der Waals surface area contributed by atoms with Crippen molar-refractivity contribution in [2.75, 3.05) is 13.2 Å². The molecule has 2 aliphatic rings. The summed E-state index contributed by atoms with van der Waals surface area (Å²) >= 11 is 0. The van der Waals surface area contributed by atoms with Gasteiger partial charge in [-0.05, 0) is 36.5 Å². The molecular formula is C16H24N2O2. The van der Waals surface area contributed by atoms with E-state index in [0.29, 0.717) is 13.2 Å². The fourth-order valence-corrected chi connectivity index (χ4v) is 3.32. The molecule has 20 heavy (non-hydrogen) atoms. The molecule has 4 nitrogen and oxygen atoms in total. The molecule has 110 valence electrons. The predicted molar refractivity (Wildman–Crippen MR) is 78.7 cm³/mol. The van der Waals surface area contributed by atoms with Crippen LogP contribution in [0.1, 0.15) is 50.1 Å². The summed E-state index contributed by atoms with van der Waals surface area (Å²) in [5.74, 6) is 8.32. The van der Waals surface area contributed by atoms with E-state index in [1.54, 1.807) is 0 Å². The van der Waals surface area contributed by atoms with Crippen molar-refractivity contribution in [3.05, 3.63) is 23.8 Å². The minimum absolute atomic E-state index is 0.200. The minimum atomic E-state index is 0.200. The molecule has 1 heterocycles. The zero-order valence-electron chi connectivity index (χ0n) is 11.9. The number of rotatable bonds is 5. The van der Waals surface area contributed by atoms with Gasteiger partial charge in [-0.2, -0.15) is 0 Å². The summed E-state index contributed by atoms with van der Waals surface area (Å²) in [7, 11) is 0. The monoisotopic (exact) mass is 276 g/mol. The van der Waals surface area contributed by atoms with Gasteiger partial charge in [0.05, 0.1) is 0 Å². The van der Waals surface area contributed by atoms with Crippen molar-refractivity contribution in [3.8, 4) is 11.5 Å². The first-order chi connectivity index (χ1) is 9.86.